The summed E-state index contributed by atoms with van der Waals surface area (Å²) in [6.45, 7) is 5.66. The summed E-state index contributed by atoms with van der Waals surface area (Å²) < 4.78 is 0. The molecular formula is C13H24N2S. The molecule has 2 nitrogen and oxygen atoms in total. The minimum atomic E-state index is 0.720. The SMILES string of the molecule is CCCNC(CCC)CCCc1cncs1. The topological polar surface area (TPSA) is 24.9 Å². The molecule has 0 bridgehead atoms. The van der Waals surface area contributed by atoms with E-state index in [0.29, 0.717) is 0 Å². The number of nitrogens with one attached hydrogen (secondary N) is 1. The van der Waals surface area contributed by atoms with Crippen LogP contribution in [0.5, 0.6) is 0 Å². The number of aryl methyl sites for hydroxylation is 1. The van der Waals surface area contributed by atoms with Gasteiger partial charge in [-0.1, -0.05) is 20.3 Å². The standard InChI is InChI=1S/C13H24N2S/c1-3-6-12(15-9-4-2)7-5-8-13-10-14-11-16-13/h10-12,15H,3-9H2,1-2H3. The maximum Gasteiger partial charge on any atom is 0.0794 e. The van der Waals surface area contributed by atoms with Gasteiger partial charge in [0.15, 0.2) is 0 Å². The van der Waals surface area contributed by atoms with Crippen molar-refractivity contribution in [2.24, 2.45) is 0 Å². The largest absolute Gasteiger partial charge is 0.314 e. The first-order valence-corrected chi connectivity index (χ1v) is 7.35. The Hall–Kier alpha value is -0.410. The molecule has 0 aliphatic rings. The first-order valence-electron chi connectivity index (χ1n) is 6.47. The van der Waals surface area contributed by atoms with Crippen LogP contribution in [0.4, 0.5) is 0 Å². The second-order valence-corrected chi connectivity index (χ2v) is 5.27. The molecule has 0 radical (unpaired) electrons. The summed E-state index contributed by atoms with van der Waals surface area (Å²) >= 11 is 1.77. The normalized spacial score (nSPS) is 12.9. The Balaban J connectivity index is 2.15. The van der Waals surface area contributed by atoms with E-state index in [9.17, 15) is 0 Å². The summed E-state index contributed by atoms with van der Waals surface area (Å²) in [5, 5.41) is 3.64. The summed E-state index contributed by atoms with van der Waals surface area (Å²) in [5.41, 5.74) is 1.92. The van der Waals surface area contributed by atoms with Crippen LogP contribution in [-0.4, -0.2) is 17.6 Å². The van der Waals surface area contributed by atoms with Crippen LogP contribution >= 0.6 is 11.3 Å². The highest BCUT2D eigenvalue weighted by Gasteiger charge is 2.06. The van der Waals surface area contributed by atoms with Crippen molar-refractivity contribution < 1.29 is 0 Å². The number of thiazole rings is 1. The van der Waals surface area contributed by atoms with Gasteiger partial charge in [-0.05, 0) is 38.6 Å². The van der Waals surface area contributed by atoms with Crippen LogP contribution in [0.3, 0.4) is 0 Å². The molecule has 1 rings (SSSR count). The van der Waals surface area contributed by atoms with Gasteiger partial charge in [0.05, 0.1) is 5.51 Å². The van der Waals surface area contributed by atoms with Crippen LogP contribution in [-0.2, 0) is 6.42 Å². The van der Waals surface area contributed by atoms with E-state index in [0.717, 1.165) is 12.6 Å². The van der Waals surface area contributed by atoms with E-state index in [1.54, 1.807) is 11.3 Å². The summed E-state index contributed by atoms with van der Waals surface area (Å²) in [6, 6.07) is 0.720. The molecule has 0 saturated carbocycles. The lowest BCUT2D eigenvalue weighted by Crippen LogP contribution is -2.29. The molecule has 1 aromatic rings. The maximum atomic E-state index is 4.11. The fourth-order valence-corrected chi connectivity index (χ4v) is 2.57. The Labute approximate surface area is 103 Å². The number of rotatable bonds is 9. The molecule has 0 amide bonds. The van der Waals surface area contributed by atoms with Gasteiger partial charge in [0, 0.05) is 17.1 Å². The number of nitrogens with zero attached hydrogens (tertiary/aromatic N) is 1. The molecule has 0 saturated heterocycles. The van der Waals surface area contributed by atoms with Crippen LogP contribution in [0.1, 0.15) is 50.8 Å². The molecule has 1 heterocycles. The van der Waals surface area contributed by atoms with E-state index >= 15 is 0 Å². The van der Waals surface area contributed by atoms with E-state index in [1.165, 1.54) is 43.4 Å². The van der Waals surface area contributed by atoms with Crippen LogP contribution in [0, 0.1) is 0 Å². The predicted octanol–water partition coefficient (Wildman–Crippen LogP) is 3.63. The van der Waals surface area contributed by atoms with Gasteiger partial charge in [0.1, 0.15) is 0 Å². The van der Waals surface area contributed by atoms with Crippen LogP contribution < -0.4 is 5.32 Å². The van der Waals surface area contributed by atoms with Crippen molar-refractivity contribution in [1.29, 1.82) is 0 Å². The minimum Gasteiger partial charge on any atom is -0.314 e. The van der Waals surface area contributed by atoms with Gasteiger partial charge >= 0.3 is 0 Å². The second kappa shape index (κ2) is 8.71. The summed E-state index contributed by atoms with van der Waals surface area (Å²) in [7, 11) is 0. The van der Waals surface area contributed by atoms with E-state index in [-0.39, 0.29) is 0 Å². The third-order valence-corrected chi connectivity index (χ3v) is 3.62. The Morgan fingerprint density at radius 1 is 1.31 bits per heavy atom. The Bertz CT molecular complexity index is 246. The third kappa shape index (κ3) is 5.61. The van der Waals surface area contributed by atoms with E-state index in [2.05, 4.69) is 24.1 Å². The summed E-state index contributed by atoms with van der Waals surface area (Å²) in [6.07, 6.45) is 9.59. The molecule has 1 N–H and O–H groups in total. The van der Waals surface area contributed by atoms with Gasteiger partial charge < -0.3 is 5.32 Å². The molecule has 92 valence electrons. The molecule has 0 aliphatic carbocycles. The highest BCUT2D eigenvalue weighted by molar-refractivity contribution is 7.09. The molecule has 1 atom stereocenters. The quantitative estimate of drug-likeness (QED) is 0.713. The van der Waals surface area contributed by atoms with Gasteiger partial charge in [-0.2, -0.15) is 0 Å². The molecule has 1 aromatic heterocycles. The Morgan fingerprint density at radius 3 is 2.81 bits per heavy atom. The van der Waals surface area contributed by atoms with Crippen molar-refractivity contribution in [3.63, 3.8) is 0 Å². The van der Waals surface area contributed by atoms with Crippen molar-refractivity contribution in [2.45, 2.75) is 58.4 Å². The highest BCUT2D eigenvalue weighted by atomic mass is 32.1. The zero-order valence-corrected chi connectivity index (χ0v) is 11.4. The van der Waals surface area contributed by atoms with Gasteiger partial charge in [0.2, 0.25) is 0 Å². The second-order valence-electron chi connectivity index (χ2n) is 4.30. The number of hydrogen-bond acceptors (Lipinski definition) is 3. The Kier molecular flexibility index (Phi) is 7.43. The Morgan fingerprint density at radius 2 is 2.19 bits per heavy atom. The third-order valence-electron chi connectivity index (χ3n) is 2.78. The van der Waals surface area contributed by atoms with Gasteiger partial charge in [-0.25, -0.2) is 0 Å². The number of hydrogen-bond donors (Lipinski definition) is 1. The average Bonchev–Trinajstić information content (AvgIpc) is 2.79. The average molecular weight is 240 g/mol. The van der Waals surface area contributed by atoms with Crippen molar-refractivity contribution in [2.75, 3.05) is 6.54 Å². The van der Waals surface area contributed by atoms with E-state index in [4.69, 9.17) is 0 Å². The number of aromatic nitrogens is 1. The molecule has 16 heavy (non-hydrogen) atoms. The molecule has 0 fully saturated rings. The predicted molar refractivity (Wildman–Crippen MR) is 72.0 cm³/mol. The lowest BCUT2D eigenvalue weighted by atomic mass is 10.0. The lowest BCUT2D eigenvalue weighted by molar-refractivity contribution is 0.438. The monoisotopic (exact) mass is 240 g/mol. The zero-order chi connectivity index (χ0) is 11.6. The van der Waals surface area contributed by atoms with E-state index < -0.39 is 0 Å². The van der Waals surface area contributed by atoms with Crippen molar-refractivity contribution in [3.05, 3.63) is 16.6 Å². The molecular weight excluding hydrogens is 216 g/mol. The molecule has 0 aromatic carbocycles. The van der Waals surface area contributed by atoms with Crippen molar-refractivity contribution >= 4 is 11.3 Å². The first kappa shape index (κ1) is 13.7. The first-order chi connectivity index (χ1) is 7.86. The molecule has 3 heteroatoms. The maximum absolute atomic E-state index is 4.11. The zero-order valence-electron chi connectivity index (χ0n) is 10.5. The fraction of sp³-hybridized carbons (Fsp3) is 0.769. The highest BCUT2D eigenvalue weighted by Crippen LogP contribution is 2.12. The van der Waals surface area contributed by atoms with Gasteiger partial charge in [-0.15, -0.1) is 11.3 Å². The van der Waals surface area contributed by atoms with E-state index in [1.807, 2.05) is 11.7 Å². The molecule has 1 unspecified atom stereocenters. The van der Waals surface area contributed by atoms with Crippen LogP contribution in [0.15, 0.2) is 11.7 Å². The summed E-state index contributed by atoms with van der Waals surface area (Å²) in [5.74, 6) is 0. The van der Waals surface area contributed by atoms with Crippen molar-refractivity contribution in [3.8, 4) is 0 Å². The molecule has 0 spiro atoms. The van der Waals surface area contributed by atoms with Crippen molar-refractivity contribution in [1.82, 2.24) is 10.3 Å². The van der Waals surface area contributed by atoms with Crippen LogP contribution in [0.25, 0.3) is 0 Å². The van der Waals surface area contributed by atoms with Crippen LogP contribution in [0.2, 0.25) is 0 Å². The lowest BCUT2D eigenvalue weighted by Gasteiger charge is -2.17. The smallest absolute Gasteiger partial charge is 0.0794 e. The van der Waals surface area contributed by atoms with Gasteiger partial charge in [0.25, 0.3) is 0 Å². The van der Waals surface area contributed by atoms with Gasteiger partial charge in [-0.3, -0.25) is 4.98 Å². The molecule has 0 aliphatic heterocycles. The summed E-state index contributed by atoms with van der Waals surface area (Å²) in [4.78, 5) is 5.53. The minimum absolute atomic E-state index is 0.720. The fourth-order valence-electron chi connectivity index (χ4n) is 1.93.